The second-order valence-corrected chi connectivity index (χ2v) is 8.58. The first-order valence-corrected chi connectivity index (χ1v) is 11.0. The largest absolute Gasteiger partial charge is 0.397 e. The van der Waals surface area contributed by atoms with Crippen LogP contribution in [0.1, 0.15) is 39.3 Å². The molecule has 7 nitrogen and oxygen atoms in total. The fourth-order valence-electron chi connectivity index (χ4n) is 3.31. The van der Waals surface area contributed by atoms with Crippen LogP contribution in [-0.2, 0) is 0 Å². The van der Waals surface area contributed by atoms with Gasteiger partial charge in [0.05, 0.1) is 44.9 Å². The Morgan fingerprint density at radius 3 is 2.59 bits per heavy atom. The van der Waals surface area contributed by atoms with Crippen LogP contribution in [0, 0.1) is 24.1 Å². The standard InChI is InChI=1S/C24H18Cl2FN5O2/c1-2-13-9-29-11-20(28)21(13)16-6-17(25)15(7-19(16)27)23(33)32-14-5-18(26)22(30-10-14)24(34)31-8-12-3-4-12/h1,5-7,9-12H,3-4,8,28H2,(H,31,34)(H,32,33). The van der Waals surface area contributed by atoms with Crippen molar-refractivity contribution in [3.05, 3.63) is 69.5 Å². The van der Waals surface area contributed by atoms with E-state index in [2.05, 4.69) is 26.5 Å². The number of terminal acetylenes is 1. The minimum Gasteiger partial charge on any atom is -0.397 e. The first-order valence-electron chi connectivity index (χ1n) is 10.2. The summed E-state index contributed by atoms with van der Waals surface area (Å²) < 4.78 is 15.0. The third-order valence-electron chi connectivity index (χ3n) is 5.26. The number of nitrogens with two attached hydrogens (primary N) is 1. The normalized spacial score (nSPS) is 12.6. The van der Waals surface area contributed by atoms with Crippen molar-refractivity contribution in [2.75, 3.05) is 17.6 Å². The van der Waals surface area contributed by atoms with Crippen LogP contribution in [0.4, 0.5) is 15.8 Å². The topological polar surface area (TPSA) is 110 Å². The summed E-state index contributed by atoms with van der Waals surface area (Å²) in [5.74, 6) is 1.08. The summed E-state index contributed by atoms with van der Waals surface area (Å²) in [6.45, 7) is 0.573. The number of nitrogens with zero attached hydrogens (tertiary/aromatic N) is 2. The lowest BCUT2D eigenvalue weighted by Gasteiger charge is -2.13. The molecule has 2 amide bonds. The summed E-state index contributed by atoms with van der Waals surface area (Å²) in [6, 6.07) is 3.65. The highest BCUT2D eigenvalue weighted by Gasteiger charge is 2.23. The smallest absolute Gasteiger partial charge is 0.271 e. The molecule has 172 valence electrons. The van der Waals surface area contributed by atoms with Crippen LogP contribution in [-0.4, -0.2) is 28.3 Å². The highest BCUT2D eigenvalue weighted by atomic mass is 35.5. The highest BCUT2D eigenvalue weighted by Crippen LogP contribution is 2.34. The number of halogens is 3. The molecule has 1 aliphatic rings. The number of pyridine rings is 2. The van der Waals surface area contributed by atoms with E-state index in [1.807, 2.05) is 0 Å². The lowest BCUT2D eigenvalue weighted by atomic mass is 9.98. The van der Waals surface area contributed by atoms with Gasteiger partial charge in [-0.25, -0.2) is 9.37 Å². The Morgan fingerprint density at radius 2 is 1.91 bits per heavy atom. The van der Waals surface area contributed by atoms with Crippen molar-refractivity contribution in [2.45, 2.75) is 12.8 Å². The van der Waals surface area contributed by atoms with Crippen molar-refractivity contribution < 1.29 is 14.0 Å². The Morgan fingerprint density at radius 1 is 1.15 bits per heavy atom. The van der Waals surface area contributed by atoms with Crippen LogP contribution in [0.25, 0.3) is 11.1 Å². The first-order chi connectivity index (χ1) is 16.3. The van der Waals surface area contributed by atoms with Gasteiger partial charge in [0.2, 0.25) is 0 Å². The number of anilines is 2. The monoisotopic (exact) mass is 497 g/mol. The molecule has 1 aliphatic carbocycles. The predicted octanol–water partition coefficient (Wildman–Crippen LogP) is 4.55. The summed E-state index contributed by atoms with van der Waals surface area (Å²) >= 11 is 12.5. The van der Waals surface area contributed by atoms with Crippen LogP contribution in [0.15, 0.2) is 36.8 Å². The lowest BCUT2D eigenvalue weighted by Crippen LogP contribution is -2.26. The molecule has 3 aromatic rings. The Labute approximate surface area is 204 Å². The molecule has 4 N–H and O–H groups in total. The van der Waals surface area contributed by atoms with Crippen LogP contribution in [0.3, 0.4) is 0 Å². The SMILES string of the molecule is C#Cc1cncc(N)c1-c1cc(Cl)c(C(=O)Nc2cnc(C(=O)NCC3CC3)c(Cl)c2)cc1F. The van der Waals surface area contributed by atoms with Gasteiger partial charge in [-0.3, -0.25) is 14.6 Å². The van der Waals surface area contributed by atoms with Crippen molar-refractivity contribution in [1.29, 1.82) is 0 Å². The number of carbonyl (C=O) groups is 2. The maximum atomic E-state index is 15.0. The van der Waals surface area contributed by atoms with E-state index in [-0.39, 0.29) is 49.4 Å². The van der Waals surface area contributed by atoms with Gasteiger partial charge in [0.1, 0.15) is 11.5 Å². The van der Waals surface area contributed by atoms with E-state index in [1.165, 1.54) is 30.7 Å². The van der Waals surface area contributed by atoms with Crippen LogP contribution < -0.4 is 16.4 Å². The molecule has 0 radical (unpaired) electrons. The molecular formula is C24H18Cl2FN5O2. The fourth-order valence-corrected chi connectivity index (χ4v) is 3.82. The first kappa shape index (κ1) is 23.5. The van der Waals surface area contributed by atoms with E-state index < -0.39 is 17.6 Å². The zero-order chi connectivity index (χ0) is 24.4. The molecule has 1 saturated carbocycles. The van der Waals surface area contributed by atoms with E-state index in [9.17, 15) is 14.0 Å². The number of aromatic nitrogens is 2. The molecule has 34 heavy (non-hydrogen) atoms. The molecule has 1 aromatic carbocycles. The van der Waals surface area contributed by atoms with E-state index in [1.54, 1.807) is 0 Å². The predicted molar refractivity (Wildman–Crippen MR) is 129 cm³/mol. The van der Waals surface area contributed by atoms with Gasteiger partial charge in [0.25, 0.3) is 11.8 Å². The van der Waals surface area contributed by atoms with Gasteiger partial charge in [-0.1, -0.05) is 29.1 Å². The van der Waals surface area contributed by atoms with Gasteiger partial charge >= 0.3 is 0 Å². The van der Waals surface area contributed by atoms with Gasteiger partial charge in [0, 0.05) is 23.9 Å². The lowest BCUT2D eigenvalue weighted by molar-refractivity contribution is 0.0946. The molecule has 1 fully saturated rings. The second-order valence-electron chi connectivity index (χ2n) is 7.77. The molecular weight excluding hydrogens is 480 g/mol. The summed E-state index contributed by atoms with van der Waals surface area (Å²) in [5, 5.41) is 5.36. The van der Waals surface area contributed by atoms with Crippen molar-refractivity contribution in [3.63, 3.8) is 0 Å². The minimum absolute atomic E-state index is 0.0248. The second kappa shape index (κ2) is 9.67. The molecule has 0 bridgehead atoms. The third-order valence-corrected chi connectivity index (χ3v) is 5.86. The average Bonchev–Trinajstić information content (AvgIpc) is 3.63. The van der Waals surface area contributed by atoms with Crippen molar-refractivity contribution in [3.8, 4) is 23.5 Å². The van der Waals surface area contributed by atoms with E-state index in [0.717, 1.165) is 18.9 Å². The molecule has 0 aliphatic heterocycles. The summed E-state index contributed by atoms with van der Waals surface area (Å²) in [6.07, 6.45) is 11.7. The molecule has 0 spiro atoms. The van der Waals surface area contributed by atoms with E-state index in [0.29, 0.717) is 12.5 Å². The van der Waals surface area contributed by atoms with Crippen LogP contribution in [0.2, 0.25) is 10.0 Å². The number of nitrogens with one attached hydrogen (secondary N) is 2. The molecule has 0 unspecified atom stereocenters. The third kappa shape index (κ3) is 4.96. The fraction of sp³-hybridized carbons (Fsp3) is 0.167. The van der Waals surface area contributed by atoms with Crippen molar-refractivity contribution in [2.24, 2.45) is 5.92 Å². The molecule has 0 saturated heterocycles. The highest BCUT2D eigenvalue weighted by molar-refractivity contribution is 6.35. The molecule has 2 heterocycles. The number of hydrogen-bond acceptors (Lipinski definition) is 5. The number of carbonyl (C=O) groups excluding carboxylic acids is 2. The Hall–Kier alpha value is -3.67. The number of nitrogen functional groups attached to an aromatic ring is 1. The molecule has 4 rings (SSSR count). The van der Waals surface area contributed by atoms with Crippen LogP contribution >= 0.6 is 23.2 Å². The zero-order valence-electron chi connectivity index (χ0n) is 17.7. The molecule has 2 aromatic heterocycles. The van der Waals surface area contributed by atoms with Gasteiger partial charge in [-0.15, -0.1) is 6.42 Å². The van der Waals surface area contributed by atoms with E-state index >= 15 is 0 Å². The maximum Gasteiger partial charge on any atom is 0.271 e. The number of amides is 2. The summed E-state index contributed by atoms with van der Waals surface area (Å²) in [4.78, 5) is 32.9. The minimum atomic E-state index is -0.747. The van der Waals surface area contributed by atoms with E-state index in [4.69, 9.17) is 35.4 Å². The Bertz CT molecular complexity index is 1350. The molecule has 10 heteroatoms. The number of benzene rings is 1. The van der Waals surface area contributed by atoms with Gasteiger partial charge < -0.3 is 16.4 Å². The summed E-state index contributed by atoms with van der Waals surface area (Å²) in [7, 11) is 0. The number of rotatable bonds is 6. The average molecular weight is 498 g/mol. The summed E-state index contributed by atoms with van der Waals surface area (Å²) in [5.41, 5.74) is 6.83. The molecule has 0 atom stereocenters. The zero-order valence-corrected chi connectivity index (χ0v) is 19.2. The van der Waals surface area contributed by atoms with Gasteiger partial charge in [-0.05, 0) is 37.0 Å². The van der Waals surface area contributed by atoms with Gasteiger partial charge in [0.15, 0.2) is 0 Å². The van der Waals surface area contributed by atoms with Crippen LogP contribution in [0.5, 0.6) is 0 Å². The van der Waals surface area contributed by atoms with Gasteiger partial charge in [-0.2, -0.15) is 0 Å². The van der Waals surface area contributed by atoms with Crippen molar-refractivity contribution >= 4 is 46.4 Å². The maximum absolute atomic E-state index is 15.0. The van der Waals surface area contributed by atoms with Crippen molar-refractivity contribution in [1.82, 2.24) is 15.3 Å². The Kier molecular flexibility index (Phi) is 6.68. The quantitative estimate of drug-likeness (QED) is 0.432. The number of hydrogen-bond donors (Lipinski definition) is 3. The Balaban J connectivity index is 1.55.